The Bertz CT molecular complexity index is 690. The highest BCUT2D eigenvalue weighted by molar-refractivity contribution is 5.80. The van der Waals surface area contributed by atoms with Gasteiger partial charge in [0.05, 0.1) is 6.54 Å². The molecule has 2 N–H and O–H groups in total. The number of carbonyl (C=O) groups is 1. The first kappa shape index (κ1) is 17.7. The number of nitrogens with zero attached hydrogens (tertiary/aromatic N) is 2. The van der Waals surface area contributed by atoms with Crippen LogP contribution in [0, 0.1) is 11.8 Å². The van der Waals surface area contributed by atoms with Crippen LogP contribution in [0.5, 0.6) is 0 Å². The molecule has 2 unspecified atom stereocenters. The fourth-order valence-corrected chi connectivity index (χ4v) is 3.77. The number of hydrogen-bond donors (Lipinski definition) is 2. The zero-order chi connectivity index (χ0) is 17.6. The topological polar surface area (TPSA) is 70.4 Å². The van der Waals surface area contributed by atoms with Crippen LogP contribution in [0.15, 0.2) is 28.8 Å². The van der Waals surface area contributed by atoms with Gasteiger partial charge >= 0.3 is 6.03 Å². The minimum atomic E-state index is -0.160. The zero-order valence-corrected chi connectivity index (χ0v) is 15.1. The second-order valence-electron chi connectivity index (χ2n) is 7.29. The number of para-hydroxylation sites is 1. The third-order valence-electron chi connectivity index (χ3n) is 4.75. The monoisotopic (exact) mass is 344 g/mol. The maximum absolute atomic E-state index is 11.9. The van der Waals surface area contributed by atoms with Crippen molar-refractivity contribution in [2.75, 3.05) is 26.2 Å². The van der Waals surface area contributed by atoms with Gasteiger partial charge in [0, 0.05) is 25.0 Å². The minimum absolute atomic E-state index is 0.160. The highest BCUT2D eigenvalue weighted by Crippen LogP contribution is 2.20. The largest absolute Gasteiger partial charge is 0.356 e. The summed E-state index contributed by atoms with van der Waals surface area (Å²) in [4.78, 5) is 14.4. The number of hydrogen-bond acceptors (Lipinski definition) is 4. The number of fused-ring (bicyclic) bond motifs is 1. The van der Waals surface area contributed by atoms with Gasteiger partial charge in [0.15, 0.2) is 5.58 Å². The normalized spacial score (nSPS) is 21.4. The van der Waals surface area contributed by atoms with Crippen molar-refractivity contribution in [2.45, 2.75) is 33.2 Å². The van der Waals surface area contributed by atoms with E-state index in [-0.39, 0.29) is 6.03 Å². The average molecular weight is 344 g/mol. The van der Waals surface area contributed by atoms with Crippen LogP contribution < -0.4 is 10.6 Å². The lowest BCUT2D eigenvalue weighted by Crippen LogP contribution is -2.41. The van der Waals surface area contributed by atoms with Crippen LogP contribution in [-0.2, 0) is 6.54 Å². The van der Waals surface area contributed by atoms with Crippen LogP contribution in [0.4, 0.5) is 4.79 Å². The molecule has 0 bridgehead atoms. The molecular weight excluding hydrogens is 316 g/mol. The van der Waals surface area contributed by atoms with E-state index < -0.39 is 0 Å². The number of carbonyl (C=O) groups excluding carboxylic acids is 1. The molecule has 0 aliphatic carbocycles. The molecule has 0 saturated carbocycles. The van der Waals surface area contributed by atoms with Gasteiger partial charge in [-0.2, -0.15) is 0 Å². The molecule has 1 aromatic carbocycles. The first-order valence-corrected chi connectivity index (χ1v) is 9.19. The Kier molecular flexibility index (Phi) is 5.91. The summed E-state index contributed by atoms with van der Waals surface area (Å²) < 4.78 is 5.24. The van der Waals surface area contributed by atoms with Gasteiger partial charge in [-0.3, -0.25) is 0 Å². The van der Waals surface area contributed by atoms with Crippen LogP contribution in [0.2, 0.25) is 0 Å². The summed E-state index contributed by atoms with van der Waals surface area (Å²) in [5.74, 6) is 1.55. The van der Waals surface area contributed by atoms with Crippen LogP contribution >= 0.6 is 0 Å². The van der Waals surface area contributed by atoms with Crippen molar-refractivity contribution < 1.29 is 9.32 Å². The van der Waals surface area contributed by atoms with Crippen molar-refractivity contribution >= 4 is 17.0 Å². The van der Waals surface area contributed by atoms with Crippen molar-refractivity contribution in [1.29, 1.82) is 0 Å². The summed E-state index contributed by atoms with van der Waals surface area (Å²) in [5, 5.41) is 10.7. The van der Waals surface area contributed by atoms with Crippen molar-refractivity contribution in [2.24, 2.45) is 11.8 Å². The first-order valence-electron chi connectivity index (χ1n) is 9.19. The predicted molar refractivity (Wildman–Crippen MR) is 98.2 cm³/mol. The van der Waals surface area contributed by atoms with Gasteiger partial charge in [0.25, 0.3) is 0 Å². The van der Waals surface area contributed by atoms with E-state index >= 15 is 0 Å². The molecule has 6 nitrogen and oxygen atoms in total. The van der Waals surface area contributed by atoms with E-state index in [2.05, 4.69) is 34.5 Å². The summed E-state index contributed by atoms with van der Waals surface area (Å²) in [7, 11) is 0. The first-order chi connectivity index (χ1) is 12.1. The number of rotatable bonds is 6. The SMILES string of the molecule is CC1CC(C)CN(CCCNC(=O)NCc2noc3ccccc23)C1. The highest BCUT2D eigenvalue weighted by atomic mass is 16.5. The van der Waals surface area contributed by atoms with Crippen molar-refractivity contribution in [3.05, 3.63) is 30.0 Å². The Balaban J connectivity index is 1.34. The number of likely N-dealkylation sites (tertiary alicyclic amines) is 1. The van der Waals surface area contributed by atoms with Crippen LogP contribution in [0.1, 0.15) is 32.4 Å². The molecule has 1 aliphatic rings. The second kappa shape index (κ2) is 8.34. The molecular formula is C19H28N4O2. The van der Waals surface area contributed by atoms with E-state index in [1.165, 1.54) is 19.5 Å². The molecule has 1 aromatic heterocycles. The van der Waals surface area contributed by atoms with E-state index in [1.807, 2.05) is 24.3 Å². The minimum Gasteiger partial charge on any atom is -0.356 e. The Morgan fingerprint density at radius 2 is 2.00 bits per heavy atom. The number of piperidine rings is 1. The Morgan fingerprint density at radius 3 is 2.80 bits per heavy atom. The lowest BCUT2D eigenvalue weighted by Gasteiger charge is -2.34. The van der Waals surface area contributed by atoms with Crippen LogP contribution in [0.3, 0.4) is 0 Å². The maximum atomic E-state index is 11.9. The number of nitrogens with one attached hydrogen (secondary N) is 2. The summed E-state index contributed by atoms with van der Waals surface area (Å²) in [6.07, 6.45) is 2.30. The highest BCUT2D eigenvalue weighted by Gasteiger charge is 2.21. The lowest BCUT2D eigenvalue weighted by molar-refractivity contribution is 0.139. The van der Waals surface area contributed by atoms with Gasteiger partial charge in [0.1, 0.15) is 5.69 Å². The fraction of sp³-hybridized carbons (Fsp3) is 0.579. The molecule has 0 radical (unpaired) electrons. The van der Waals surface area contributed by atoms with Gasteiger partial charge in [-0.1, -0.05) is 31.1 Å². The van der Waals surface area contributed by atoms with Crippen molar-refractivity contribution in [1.82, 2.24) is 20.7 Å². The second-order valence-corrected chi connectivity index (χ2v) is 7.29. The fourth-order valence-electron chi connectivity index (χ4n) is 3.77. The summed E-state index contributed by atoms with van der Waals surface area (Å²) in [6.45, 7) is 9.09. The molecule has 2 heterocycles. The lowest BCUT2D eigenvalue weighted by atomic mass is 9.92. The Morgan fingerprint density at radius 1 is 1.24 bits per heavy atom. The number of benzene rings is 1. The van der Waals surface area contributed by atoms with Gasteiger partial charge in [-0.05, 0) is 43.4 Å². The molecule has 136 valence electrons. The molecule has 3 rings (SSSR count). The molecule has 1 saturated heterocycles. The molecule has 2 atom stereocenters. The van der Waals surface area contributed by atoms with E-state index in [0.717, 1.165) is 41.5 Å². The van der Waals surface area contributed by atoms with Crippen LogP contribution in [0.25, 0.3) is 11.0 Å². The molecule has 1 aliphatic heterocycles. The van der Waals surface area contributed by atoms with Gasteiger partial charge in [0.2, 0.25) is 0 Å². The maximum Gasteiger partial charge on any atom is 0.315 e. The third kappa shape index (κ3) is 4.95. The molecule has 2 aromatic rings. The molecule has 25 heavy (non-hydrogen) atoms. The van der Waals surface area contributed by atoms with Crippen LogP contribution in [-0.4, -0.2) is 42.3 Å². The van der Waals surface area contributed by atoms with Gasteiger partial charge < -0.3 is 20.1 Å². The number of aromatic nitrogens is 1. The quantitative estimate of drug-likeness (QED) is 0.791. The van der Waals surface area contributed by atoms with Crippen molar-refractivity contribution in [3.63, 3.8) is 0 Å². The van der Waals surface area contributed by atoms with Gasteiger partial charge in [-0.15, -0.1) is 0 Å². The van der Waals surface area contributed by atoms with E-state index in [4.69, 9.17) is 4.52 Å². The third-order valence-corrected chi connectivity index (χ3v) is 4.75. The average Bonchev–Trinajstić information content (AvgIpc) is 2.99. The molecule has 0 spiro atoms. The number of amides is 2. The van der Waals surface area contributed by atoms with E-state index in [1.54, 1.807) is 0 Å². The number of urea groups is 1. The standard InChI is InChI=1S/C19H28N4O2/c1-14-10-15(2)13-23(12-14)9-5-8-20-19(24)21-11-17-16-6-3-4-7-18(16)25-22-17/h3-4,6-7,14-15H,5,8-13H2,1-2H3,(H2,20,21,24). The summed E-state index contributed by atoms with van der Waals surface area (Å²) in [5.41, 5.74) is 1.49. The Hall–Kier alpha value is -2.08. The summed E-state index contributed by atoms with van der Waals surface area (Å²) in [6, 6.07) is 7.50. The predicted octanol–water partition coefficient (Wildman–Crippen LogP) is 3.00. The smallest absolute Gasteiger partial charge is 0.315 e. The molecule has 1 fully saturated rings. The molecule has 6 heteroatoms. The molecule has 2 amide bonds. The van der Waals surface area contributed by atoms with E-state index in [0.29, 0.717) is 13.1 Å². The van der Waals surface area contributed by atoms with Gasteiger partial charge in [-0.25, -0.2) is 4.79 Å². The van der Waals surface area contributed by atoms with E-state index in [9.17, 15) is 4.79 Å². The summed E-state index contributed by atoms with van der Waals surface area (Å²) >= 11 is 0. The zero-order valence-electron chi connectivity index (χ0n) is 15.1. The Labute approximate surface area is 148 Å². The van der Waals surface area contributed by atoms with Crippen molar-refractivity contribution in [3.8, 4) is 0 Å².